The Hall–Kier alpha value is -3.55. The zero-order chi connectivity index (χ0) is 18.0. The van der Waals surface area contributed by atoms with Gasteiger partial charge in [0.1, 0.15) is 16.4 Å². The largest absolute Gasteiger partial charge is 0.493 e. The summed E-state index contributed by atoms with van der Waals surface area (Å²) in [5.41, 5.74) is 0.842. The summed E-state index contributed by atoms with van der Waals surface area (Å²) in [6.07, 6.45) is 2.90. The maximum absolute atomic E-state index is 12.0. The lowest BCUT2D eigenvalue weighted by Gasteiger charge is -2.09. The fourth-order valence-electron chi connectivity index (χ4n) is 2.29. The highest BCUT2D eigenvalue weighted by Gasteiger charge is 2.24. The monoisotopic (exact) mass is 343 g/mol. The predicted molar refractivity (Wildman–Crippen MR) is 87.0 cm³/mol. The Morgan fingerprint density at radius 3 is 2.52 bits per heavy atom. The molecule has 0 saturated heterocycles. The van der Waals surface area contributed by atoms with Crippen molar-refractivity contribution in [3.05, 3.63) is 63.4 Å². The van der Waals surface area contributed by atoms with Gasteiger partial charge >= 0.3 is 11.9 Å². The number of carbonyl (C=O) groups is 1. The molecule has 0 N–H and O–H groups in total. The van der Waals surface area contributed by atoms with Gasteiger partial charge in [0, 0.05) is 5.56 Å². The molecule has 25 heavy (non-hydrogen) atoms. The average Bonchev–Trinajstić information content (AvgIpc) is 3.22. The van der Waals surface area contributed by atoms with Crippen LogP contribution < -0.4 is 9.47 Å². The van der Waals surface area contributed by atoms with Crippen LogP contribution in [0.3, 0.4) is 0 Å². The SMILES string of the molecule is COc1ccc(C2=C/C(=C/c3ccc([N+](=O)[O-])o3)C(=O)O2)cc1OC. The molecule has 1 aromatic heterocycles. The van der Waals surface area contributed by atoms with E-state index in [9.17, 15) is 14.9 Å². The van der Waals surface area contributed by atoms with Crippen LogP contribution in [0.5, 0.6) is 11.5 Å². The lowest BCUT2D eigenvalue weighted by atomic mass is 10.1. The van der Waals surface area contributed by atoms with Crippen LogP contribution in [-0.4, -0.2) is 25.1 Å². The molecular weight excluding hydrogens is 330 g/mol. The molecule has 0 atom stereocenters. The van der Waals surface area contributed by atoms with E-state index in [2.05, 4.69) is 0 Å². The predicted octanol–water partition coefficient (Wildman–Crippen LogP) is 3.19. The fourth-order valence-corrected chi connectivity index (χ4v) is 2.29. The molecule has 0 fully saturated rings. The number of esters is 1. The van der Waals surface area contributed by atoms with Crippen molar-refractivity contribution < 1.29 is 28.3 Å². The topological polar surface area (TPSA) is 101 Å². The Bertz CT molecular complexity index is 907. The van der Waals surface area contributed by atoms with Gasteiger partial charge in [-0.2, -0.15) is 0 Å². The highest BCUT2D eigenvalue weighted by atomic mass is 16.6. The van der Waals surface area contributed by atoms with Crippen molar-refractivity contribution in [1.29, 1.82) is 0 Å². The molecular formula is C17H13NO7. The van der Waals surface area contributed by atoms with E-state index in [0.717, 1.165) is 0 Å². The van der Waals surface area contributed by atoms with Gasteiger partial charge in [-0.1, -0.05) is 0 Å². The van der Waals surface area contributed by atoms with Crippen molar-refractivity contribution >= 4 is 23.7 Å². The summed E-state index contributed by atoms with van der Waals surface area (Å²) in [6, 6.07) is 7.71. The van der Waals surface area contributed by atoms with Gasteiger partial charge in [0.25, 0.3) is 0 Å². The molecule has 0 bridgehead atoms. The molecule has 8 heteroatoms. The van der Waals surface area contributed by atoms with E-state index < -0.39 is 16.8 Å². The van der Waals surface area contributed by atoms with Gasteiger partial charge in [-0.25, -0.2) is 4.79 Å². The number of methoxy groups -OCH3 is 2. The number of nitrogens with zero attached hydrogens (tertiary/aromatic N) is 1. The maximum atomic E-state index is 12.0. The summed E-state index contributed by atoms with van der Waals surface area (Å²) in [4.78, 5) is 22.0. The van der Waals surface area contributed by atoms with Crippen LogP contribution in [0.25, 0.3) is 11.8 Å². The Kier molecular flexibility index (Phi) is 4.25. The van der Waals surface area contributed by atoms with Crippen LogP contribution in [0.2, 0.25) is 0 Å². The van der Waals surface area contributed by atoms with Crippen molar-refractivity contribution in [2.75, 3.05) is 14.2 Å². The van der Waals surface area contributed by atoms with E-state index >= 15 is 0 Å². The first kappa shape index (κ1) is 16.3. The van der Waals surface area contributed by atoms with E-state index in [-0.39, 0.29) is 11.3 Å². The number of carbonyl (C=O) groups excluding carboxylic acids is 1. The number of furan rings is 1. The van der Waals surface area contributed by atoms with E-state index in [4.69, 9.17) is 18.6 Å². The zero-order valence-electron chi connectivity index (χ0n) is 13.3. The molecule has 3 rings (SSSR count). The minimum absolute atomic E-state index is 0.184. The summed E-state index contributed by atoms with van der Waals surface area (Å²) in [7, 11) is 3.03. The van der Waals surface area contributed by atoms with Gasteiger partial charge in [0.2, 0.25) is 0 Å². The van der Waals surface area contributed by atoms with Crippen molar-refractivity contribution in [3.8, 4) is 11.5 Å². The molecule has 8 nitrogen and oxygen atoms in total. The molecule has 0 aliphatic carbocycles. The number of cyclic esters (lactones) is 1. The number of nitro groups is 1. The molecule has 1 aliphatic heterocycles. The average molecular weight is 343 g/mol. The standard InChI is InChI=1S/C17H13NO7/c1-22-13-5-3-10(8-15(13)23-2)14-9-11(17(19)25-14)7-12-4-6-16(24-12)18(20)21/h3-9H,1-2H3/b11-7-. The van der Waals surface area contributed by atoms with Gasteiger partial charge in [0.05, 0.1) is 25.9 Å². The van der Waals surface area contributed by atoms with Crippen molar-refractivity contribution in [2.45, 2.75) is 0 Å². The van der Waals surface area contributed by atoms with Crippen LogP contribution >= 0.6 is 0 Å². The molecule has 0 saturated carbocycles. The number of rotatable bonds is 5. The van der Waals surface area contributed by atoms with Crippen molar-refractivity contribution in [1.82, 2.24) is 0 Å². The molecule has 2 heterocycles. The Morgan fingerprint density at radius 1 is 1.12 bits per heavy atom. The second-order valence-corrected chi connectivity index (χ2v) is 5.00. The molecule has 0 spiro atoms. The Balaban J connectivity index is 1.91. The third-order valence-corrected chi connectivity index (χ3v) is 3.48. The minimum atomic E-state index is -0.653. The highest BCUT2D eigenvalue weighted by Crippen LogP contribution is 2.34. The van der Waals surface area contributed by atoms with E-state index in [1.807, 2.05) is 0 Å². The second kappa shape index (κ2) is 6.52. The minimum Gasteiger partial charge on any atom is -0.493 e. The lowest BCUT2D eigenvalue weighted by molar-refractivity contribution is -0.402. The van der Waals surface area contributed by atoms with Gasteiger partial charge in [-0.05, 0) is 36.4 Å². The smallest absolute Gasteiger partial charge is 0.433 e. The first-order chi connectivity index (χ1) is 12.0. The third kappa shape index (κ3) is 3.23. The number of hydrogen-bond donors (Lipinski definition) is 0. The highest BCUT2D eigenvalue weighted by molar-refractivity contribution is 6.04. The number of ether oxygens (including phenoxy) is 3. The molecule has 0 unspecified atom stereocenters. The molecule has 1 aromatic carbocycles. The summed E-state index contributed by atoms with van der Waals surface area (Å²) in [6.45, 7) is 0. The molecule has 128 valence electrons. The first-order valence-electron chi connectivity index (χ1n) is 7.14. The van der Waals surface area contributed by atoms with Gasteiger partial charge in [-0.15, -0.1) is 0 Å². The Morgan fingerprint density at radius 2 is 1.88 bits per heavy atom. The van der Waals surface area contributed by atoms with Gasteiger partial charge in [-0.3, -0.25) is 10.1 Å². The van der Waals surface area contributed by atoms with Crippen LogP contribution in [0, 0.1) is 10.1 Å². The van der Waals surface area contributed by atoms with E-state index in [1.165, 1.54) is 38.5 Å². The lowest BCUT2D eigenvalue weighted by Crippen LogP contribution is -1.97. The fraction of sp³-hybridized carbons (Fsp3) is 0.118. The summed E-state index contributed by atoms with van der Waals surface area (Å²) in [5.74, 6) is 0.582. The summed E-state index contributed by atoms with van der Waals surface area (Å²) in [5, 5.41) is 10.6. The molecule has 0 radical (unpaired) electrons. The third-order valence-electron chi connectivity index (χ3n) is 3.48. The van der Waals surface area contributed by atoms with E-state index in [0.29, 0.717) is 22.8 Å². The van der Waals surface area contributed by atoms with Gasteiger partial charge in [0.15, 0.2) is 11.5 Å². The quantitative estimate of drug-likeness (QED) is 0.355. The molecule has 0 amide bonds. The normalized spacial score (nSPS) is 15.0. The summed E-state index contributed by atoms with van der Waals surface area (Å²) < 4.78 is 20.6. The Labute approximate surface area is 142 Å². The van der Waals surface area contributed by atoms with Crippen molar-refractivity contribution in [3.63, 3.8) is 0 Å². The second-order valence-electron chi connectivity index (χ2n) is 5.00. The van der Waals surface area contributed by atoms with Crippen molar-refractivity contribution in [2.24, 2.45) is 0 Å². The van der Waals surface area contributed by atoms with Crippen LogP contribution in [-0.2, 0) is 9.53 Å². The molecule has 1 aliphatic rings. The van der Waals surface area contributed by atoms with E-state index in [1.54, 1.807) is 18.2 Å². The van der Waals surface area contributed by atoms with Crippen LogP contribution in [0.4, 0.5) is 5.88 Å². The number of hydrogen-bond acceptors (Lipinski definition) is 7. The molecule has 2 aromatic rings. The number of benzene rings is 1. The van der Waals surface area contributed by atoms with Crippen LogP contribution in [0.1, 0.15) is 11.3 Å². The van der Waals surface area contributed by atoms with Gasteiger partial charge < -0.3 is 18.6 Å². The van der Waals surface area contributed by atoms with Crippen LogP contribution in [0.15, 0.2) is 46.4 Å². The summed E-state index contributed by atoms with van der Waals surface area (Å²) >= 11 is 0. The first-order valence-corrected chi connectivity index (χ1v) is 7.14. The maximum Gasteiger partial charge on any atom is 0.433 e. The zero-order valence-corrected chi connectivity index (χ0v) is 13.3.